The molecule has 0 aliphatic rings. The first-order chi connectivity index (χ1) is 5.97. The van der Waals surface area contributed by atoms with Crippen molar-refractivity contribution < 1.29 is 0 Å². The van der Waals surface area contributed by atoms with E-state index < -0.39 is 0 Å². The molecule has 2 aromatic rings. The van der Waals surface area contributed by atoms with Crippen molar-refractivity contribution in [2.45, 2.75) is 0 Å². The van der Waals surface area contributed by atoms with Gasteiger partial charge in [-0.1, -0.05) is 60.7 Å². The maximum absolute atomic E-state index is 2.12. The summed E-state index contributed by atoms with van der Waals surface area (Å²) < 4.78 is 0. The third kappa shape index (κ3) is 4.74. The van der Waals surface area contributed by atoms with E-state index in [2.05, 4.69) is 48.5 Å². The Hall–Kier alpha value is -0.437. The summed E-state index contributed by atoms with van der Waals surface area (Å²) in [6.45, 7) is 0. The van der Waals surface area contributed by atoms with Crippen molar-refractivity contribution in [1.29, 1.82) is 0 Å². The zero-order chi connectivity index (χ0) is 8.23. The predicted molar refractivity (Wildman–Crippen MR) is 77.7 cm³/mol. The molecular weight excluding hydrogens is 288 g/mol. The summed E-state index contributed by atoms with van der Waals surface area (Å²) in [5.74, 6) is 0. The minimum Gasteiger partial charge on any atom is -0.0622 e. The molecule has 0 bridgehead atoms. The van der Waals surface area contributed by atoms with E-state index >= 15 is 0 Å². The zero-order valence-electron chi connectivity index (χ0n) is 7.59. The predicted octanol–water partition coefficient (Wildman–Crippen LogP) is 2.75. The Morgan fingerprint density at radius 3 is 1.00 bits per heavy atom. The van der Waals surface area contributed by atoms with Gasteiger partial charge in [-0.15, -0.1) is 24.8 Å². The van der Waals surface area contributed by atoms with Crippen LogP contribution in [0.3, 0.4) is 0 Å². The van der Waals surface area contributed by atoms with E-state index in [1.807, 2.05) is 12.1 Å². The minimum atomic E-state index is 0. The standard InChI is InChI=1S/C12H10.2ClH.GeH4/c1-3-7-11(8-4-1)12-9-5-2-6-10-12;;;/h1-10H;2*1H;1H4. The van der Waals surface area contributed by atoms with Crippen molar-refractivity contribution in [3.8, 4) is 11.1 Å². The van der Waals surface area contributed by atoms with Gasteiger partial charge in [0.05, 0.1) is 0 Å². The van der Waals surface area contributed by atoms with Gasteiger partial charge in [-0.3, -0.25) is 0 Å². The van der Waals surface area contributed by atoms with E-state index in [-0.39, 0.29) is 42.4 Å². The summed E-state index contributed by atoms with van der Waals surface area (Å²) in [5, 5.41) is 0. The molecule has 0 N–H and O–H groups in total. The van der Waals surface area contributed by atoms with Crippen LogP contribution in [-0.4, -0.2) is 17.6 Å². The molecule has 0 radical (unpaired) electrons. The van der Waals surface area contributed by atoms with Crippen LogP contribution in [0.2, 0.25) is 0 Å². The molecule has 2 rings (SSSR count). The van der Waals surface area contributed by atoms with E-state index in [9.17, 15) is 0 Å². The monoisotopic (exact) mass is 304 g/mol. The Balaban J connectivity index is 0. The smallest absolute Gasteiger partial charge is 0.0184 e. The molecule has 0 aliphatic heterocycles. The van der Waals surface area contributed by atoms with Crippen LogP contribution in [0.5, 0.6) is 0 Å². The van der Waals surface area contributed by atoms with Crippen LogP contribution in [0.25, 0.3) is 11.1 Å². The Kier molecular flexibility index (Phi) is 10.0. The zero-order valence-corrected chi connectivity index (χ0v) is 9.22. The van der Waals surface area contributed by atoms with Crippen LogP contribution in [0.15, 0.2) is 60.7 Å². The second kappa shape index (κ2) is 8.84. The number of rotatable bonds is 1. The second-order valence-electron chi connectivity index (χ2n) is 2.73. The molecule has 0 amide bonds. The van der Waals surface area contributed by atoms with E-state index in [0.29, 0.717) is 0 Å². The first kappa shape index (κ1) is 17.0. The quantitative estimate of drug-likeness (QED) is 0.711. The third-order valence-corrected chi connectivity index (χ3v) is 1.88. The normalized spacial score (nSPS) is 7.73. The maximum atomic E-state index is 2.12. The molecule has 15 heavy (non-hydrogen) atoms. The maximum Gasteiger partial charge on any atom is -0.0184 e. The summed E-state index contributed by atoms with van der Waals surface area (Å²) in [4.78, 5) is 0. The van der Waals surface area contributed by atoms with Crippen LogP contribution in [-0.2, 0) is 0 Å². The van der Waals surface area contributed by atoms with Gasteiger partial charge in [0, 0.05) is 0 Å². The molecule has 3 heteroatoms. The van der Waals surface area contributed by atoms with Crippen LogP contribution in [0, 0.1) is 0 Å². The number of hydrogen-bond acceptors (Lipinski definition) is 0. The molecule has 0 unspecified atom stereocenters. The summed E-state index contributed by atoms with van der Waals surface area (Å²) in [6.07, 6.45) is 0. The summed E-state index contributed by atoms with van der Waals surface area (Å²) in [6, 6.07) is 20.8. The molecule has 0 atom stereocenters. The molecule has 0 saturated carbocycles. The van der Waals surface area contributed by atoms with Crippen molar-refractivity contribution in [2.75, 3.05) is 0 Å². The molecule has 0 heterocycles. The fraction of sp³-hybridized carbons (Fsp3) is 0. The van der Waals surface area contributed by atoms with E-state index in [4.69, 9.17) is 0 Å². The largest absolute Gasteiger partial charge is 0.0622 e. The first-order valence-electron chi connectivity index (χ1n) is 4.07. The van der Waals surface area contributed by atoms with E-state index in [1.165, 1.54) is 11.1 Å². The topological polar surface area (TPSA) is 0 Å². The first-order valence-corrected chi connectivity index (χ1v) is 4.07. The van der Waals surface area contributed by atoms with Crippen molar-refractivity contribution in [2.24, 2.45) is 0 Å². The molecule has 0 saturated heterocycles. The number of hydrogen-bond donors (Lipinski definition) is 0. The van der Waals surface area contributed by atoms with Gasteiger partial charge in [0.25, 0.3) is 0 Å². The van der Waals surface area contributed by atoms with Gasteiger partial charge in [-0.05, 0) is 11.1 Å². The molecular formula is C12H16Cl2Ge. The Morgan fingerprint density at radius 2 is 0.733 bits per heavy atom. The Bertz CT molecular complexity index is 311. The number of benzene rings is 2. The summed E-state index contributed by atoms with van der Waals surface area (Å²) in [7, 11) is 0. The third-order valence-electron chi connectivity index (χ3n) is 1.88. The molecule has 2 aromatic carbocycles. The average molecular weight is 304 g/mol. The van der Waals surface area contributed by atoms with Gasteiger partial charge in [0.15, 0.2) is 0 Å². The van der Waals surface area contributed by atoms with Gasteiger partial charge in [0.2, 0.25) is 0 Å². The Labute approximate surface area is 114 Å². The Morgan fingerprint density at radius 1 is 0.467 bits per heavy atom. The van der Waals surface area contributed by atoms with Gasteiger partial charge < -0.3 is 0 Å². The number of halogens is 2. The van der Waals surface area contributed by atoms with Crippen LogP contribution in [0.1, 0.15) is 0 Å². The van der Waals surface area contributed by atoms with E-state index in [1.54, 1.807) is 0 Å². The second-order valence-corrected chi connectivity index (χ2v) is 2.73. The molecule has 82 valence electrons. The fourth-order valence-corrected chi connectivity index (χ4v) is 1.26. The van der Waals surface area contributed by atoms with Crippen LogP contribution in [0.4, 0.5) is 0 Å². The van der Waals surface area contributed by atoms with Gasteiger partial charge in [-0.25, -0.2) is 0 Å². The van der Waals surface area contributed by atoms with Crippen LogP contribution >= 0.6 is 24.8 Å². The summed E-state index contributed by atoms with van der Waals surface area (Å²) >= 11 is 0. The fourth-order valence-electron chi connectivity index (χ4n) is 1.26. The summed E-state index contributed by atoms with van der Waals surface area (Å²) in [5.41, 5.74) is 2.55. The molecule has 0 aromatic heterocycles. The average Bonchev–Trinajstić information content (AvgIpc) is 2.21. The molecule has 0 nitrogen and oxygen atoms in total. The van der Waals surface area contributed by atoms with Crippen LogP contribution < -0.4 is 0 Å². The van der Waals surface area contributed by atoms with Crippen molar-refractivity contribution in [1.82, 2.24) is 0 Å². The molecule has 0 spiro atoms. The van der Waals surface area contributed by atoms with Crippen molar-refractivity contribution in [3.05, 3.63) is 60.7 Å². The van der Waals surface area contributed by atoms with Gasteiger partial charge in [-0.2, -0.15) is 0 Å². The minimum absolute atomic E-state index is 0. The SMILES string of the molecule is Cl.Cl.[GeH4].c1ccc(-c2ccccc2)cc1. The van der Waals surface area contributed by atoms with E-state index in [0.717, 1.165) is 0 Å². The van der Waals surface area contributed by atoms with Crippen molar-refractivity contribution >= 4 is 42.4 Å². The van der Waals surface area contributed by atoms with Gasteiger partial charge >= 0.3 is 17.6 Å². The van der Waals surface area contributed by atoms with Gasteiger partial charge in [0.1, 0.15) is 0 Å². The molecule has 0 fully saturated rings. The molecule has 0 aliphatic carbocycles. The van der Waals surface area contributed by atoms with Crippen molar-refractivity contribution in [3.63, 3.8) is 0 Å².